The molecule has 138 valence electrons. The third kappa shape index (κ3) is 4.93. The van der Waals surface area contributed by atoms with Crippen molar-refractivity contribution in [2.24, 2.45) is 0 Å². The second-order valence-electron chi connectivity index (χ2n) is 7.80. The van der Waals surface area contributed by atoms with Crippen LogP contribution >= 0.6 is 0 Å². The molecule has 1 aromatic rings. The summed E-state index contributed by atoms with van der Waals surface area (Å²) in [5.41, 5.74) is 0.470. The molecule has 1 aliphatic rings. The molecule has 0 saturated carbocycles. The molecular formula is C19H28O5Si. The predicted octanol–water partition coefficient (Wildman–Crippen LogP) is 3.51. The first kappa shape index (κ1) is 19.7. The molecule has 1 unspecified atom stereocenters. The van der Waals surface area contributed by atoms with Crippen LogP contribution in [0.3, 0.4) is 0 Å². The molecule has 3 atom stereocenters. The maximum atomic E-state index is 12.0. The molecular weight excluding hydrogens is 336 g/mol. The molecule has 1 aromatic carbocycles. The monoisotopic (exact) mass is 364 g/mol. The zero-order chi connectivity index (χ0) is 18.7. The van der Waals surface area contributed by atoms with E-state index in [0.29, 0.717) is 5.56 Å². The van der Waals surface area contributed by atoms with Gasteiger partial charge in [-0.1, -0.05) is 39.0 Å². The van der Waals surface area contributed by atoms with Crippen molar-refractivity contribution in [1.82, 2.24) is 0 Å². The Morgan fingerprint density at radius 2 is 1.88 bits per heavy atom. The minimum Gasteiger partial charge on any atom is -0.492 e. The Hall–Kier alpha value is -1.63. The number of carbonyl (C=O) groups excluding carboxylic acids is 1. The van der Waals surface area contributed by atoms with Gasteiger partial charge in [-0.2, -0.15) is 0 Å². The number of aliphatic hydroxyl groups is 1. The minimum absolute atomic E-state index is 0.0312. The van der Waals surface area contributed by atoms with E-state index in [-0.39, 0.29) is 11.6 Å². The summed E-state index contributed by atoms with van der Waals surface area (Å²) in [6, 6.07) is 8.74. The fourth-order valence-corrected chi connectivity index (χ4v) is 3.46. The van der Waals surface area contributed by atoms with Gasteiger partial charge < -0.3 is 19.0 Å². The molecule has 1 N–H and O–H groups in total. The standard InChI is InChI=1S/C19H28O5Si/c1-19(2,3)25(4,5)24-15-11-12-22-16(17(15)20)13-23-18(21)14-9-7-6-8-10-14/h6-12,15-17,20H,13H2,1-5H3/t15-,16?,17+/m0/s1. The molecule has 6 heteroatoms. The van der Waals surface area contributed by atoms with E-state index in [4.69, 9.17) is 13.9 Å². The van der Waals surface area contributed by atoms with E-state index in [0.717, 1.165) is 0 Å². The van der Waals surface area contributed by atoms with Gasteiger partial charge in [0.05, 0.1) is 17.9 Å². The summed E-state index contributed by atoms with van der Waals surface area (Å²) in [4.78, 5) is 12.0. The highest BCUT2D eigenvalue weighted by molar-refractivity contribution is 6.74. The van der Waals surface area contributed by atoms with Gasteiger partial charge in [0, 0.05) is 0 Å². The quantitative estimate of drug-likeness (QED) is 0.640. The van der Waals surface area contributed by atoms with Crippen LogP contribution in [0.5, 0.6) is 0 Å². The molecule has 0 fully saturated rings. The number of hydrogen-bond donors (Lipinski definition) is 1. The van der Waals surface area contributed by atoms with Crippen molar-refractivity contribution in [3.05, 3.63) is 48.2 Å². The van der Waals surface area contributed by atoms with E-state index in [1.54, 1.807) is 30.3 Å². The summed E-state index contributed by atoms with van der Waals surface area (Å²) in [5.74, 6) is -0.437. The maximum Gasteiger partial charge on any atom is 0.338 e. The lowest BCUT2D eigenvalue weighted by molar-refractivity contribution is -0.0808. The molecule has 1 heterocycles. The smallest absolute Gasteiger partial charge is 0.338 e. The Labute approximate surface area is 150 Å². The van der Waals surface area contributed by atoms with Gasteiger partial charge in [0.15, 0.2) is 14.4 Å². The average molecular weight is 365 g/mol. The zero-order valence-corrected chi connectivity index (χ0v) is 16.6. The molecule has 2 rings (SSSR count). The molecule has 0 bridgehead atoms. The zero-order valence-electron chi connectivity index (χ0n) is 15.6. The second-order valence-corrected chi connectivity index (χ2v) is 12.6. The lowest BCUT2D eigenvalue weighted by Crippen LogP contribution is -2.51. The van der Waals surface area contributed by atoms with E-state index in [9.17, 15) is 9.90 Å². The highest BCUT2D eigenvalue weighted by atomic mass is 28.4. The Bertz CT molecular complexity index is 606. The summed E-state index contributed by atoms with van der Waals surface area (Å²) in [6.07, 6.45) is 1.25. The topological polar surface area (TPSA) is 65.0 Å². The van der Waals surface area contributed by atoms with Gasteiger partial charge >= 0.3 is 5.97 Å². The third-order valence-electron chi connectivity index (χ3n) is 4.86. The number of benzene rings is 1. The van der Waals surface area contributed by atoms with Crippen LogP contribution in [0.1, 0.15) is 31.1 Å². The number of ether oxygens (including phenoxy) is 2. The van der Waals surface area contributed by atoms with Crippen LogP contribution in [-0.4, -0.2) is 44.3 Å². The van der Waals surface area contributed by atoms with Gasteiger partial charge in [0.2, 0.25) is 0 Å². The lowest BCUT2D eigenvalue weighted by Gasteiger charge is -2.41. The molecule has 1 aliphatic heterocycles. The van der Waals surface area contributed by atoms with Crippen LogP contribution in [0.15, 0.2) is 42.7 Å². The lowest BCUT2D eigenvalue weighted by atomic mass is 10.1. The van der Waals surface area contributed by atoms with Crippen LogP contribution in [-0.2, 0) is 13.9 Å². The molecule has 25 heavy (non-hydrogen) atoms. The number of hydrogen-bond acceptors (Lipinski definition) is 5. The molecule has 0 radical (unpaired) electrons. The van der Waals surface area contributed by atoms with E-state index < -0.39 is 32.6 Å². The third-order valence-corrected chi connectivity index (χ3v) is 9.34. The van der Waals surface area contributed by atoms with Crippen molar-refractivity contribution in [2.45, 2.75) is 57.2 Å². The molecule has 0 amide bonds. The van der Waals surface area contributed by atoms with E-state index >= 15 is 0 Å². The van der Waals surface area contributed by atoms with Crippen molar-refractivity contribution < 1.29 is 23.8 Å². The second kappa shape index (κ2) is 7.72. The van der Waals surface area contributed by atoms with Crippen LogP contribution in [0.4, 0.5) is 0 Å². The van der Waals surface area contributed by atoms with Gasteiger partial charge in [-0.3, -0.25) is 0 Å². The molecule has 0 aliphatic carbocycles. The van der Waals surface area contributed by atoms with Gasteiger partial charge in [0.25, 0.3) is 0 Å². The van der Waals surface area contributed by atoms with Gasteiger partial charge in [-0.15, -0.1) is 0 Å². The fraction of sp³-hybridized carbons (Fsp3) is 0.526. The summed E-state index contributed by atoms with van der Waals surface area (Å²) in [5, 5.41) is 10.6. The molecule has 0 aromatic heterocycles. The maximum absolute atomic E-state index is 12.0. The first-order valence-corrected chi connectivity index (χ1v) is 11.4. The van der Waals surface area contributed by atoms with Crippen LogP contribution in [0.25, 0.3) is 0 Å². The van der Waals surface area contributed by atoms with E-state index in [2.05, 4.69) is 33.9 Å². The number of carbonyl (C=O) groups is 1. The Morgan fingerprint density at radius 1 is 1.24 bits per heavy atom. The highest BCUT2D eigenvalue weighted by Crippen LogP contribution is 2.38. The van der Waals surface area contributed by atoms with Gasteiger partial charge in [0.1, 0.15) is 12.7 Å². The van der Waals surface area contributed by atoms with E-state index in [1.807, 2.05) is 6.07 Å². The first-order chi connectivity index (χ1) is 11.6. The summed E-state index contributed by atoms with van der Waals surface area (Å²) in [6.45, 7) is 10.7. The largest absolute Gasteiger partial charge is 0.492 e. The minimum atomic E-state index is -2.04. The van der Waals surface area contributed by atoms with Crippen LogP contribution < -0.4 is 0 Å². The van der Waals surface area contributed by atoms with Crippen molar-refractivity contribution >= 4 is 14.3 Å². The van der Waals surface area contributed by atoms with Crippen molar-refractivity contribution in [3.8, 4) is 0 Å². The predicted molar refractivity (Wildman–Crippen MR) is 98.8 cm³/mol. The molecule has 0 spiro atoms. The molecule has 5 nitrogen and oxygen atoms in total. The summed E-state index contributed by atoms with van der Waals surface area (Å²) < 4.78 is 17.0. The van der Waals surface area contributed by atoms with Crippen molar-refractivity contribution in [2.75, 3.05) is 6.61 Å². The average Bonchev–Trinajstić information content (AvgIpc) is 2.55. The SMILES string of the molecule is CC(C)(C)[Si](C)(C)O[C@H]1C=COC(COC(=O)c2ccccc2)[C@@H]1O. The summed E-state index contributed by atoms with van der Waals surface area (Å²) >= 11 is 0. The highest BCUT2D eigenvalue weighted by Gasteiger charge is 2.42. The number of aliphatic hydroxyl groups excluding tert-OH is 1. The molecule has 0 saturated heterocycles. The Morgan fingerprint density at radius 3 is 2.48 bits per heavy atom. The normalized spacial score (nSPS) is 23.8. The van der Waals surface area contributed by atoms with Gasteiger partial charge in [-0.05, 0) is 36.3 Å². The number of rotatable bonds is 5. The van der Waals surface area contributed by atoms with E-state index in [1.165, 1.54) is 6.26 Å². The first-order valence-electron chi connectivity index (χ1n) is 8.52. The van der Waals surface area contributed by atoms with Gasteiger partial charge in [-0.25, -0.2) is 4.79 Å². The Kier molecular flexibility index (Phi) is 6.08. The van der Waals surface area contributed by atoms with Crippen molar-refractivity contribution in [1.29, 1.82) is 0 Å². The van der Waals surface area contributed by atoms with Crippen LogP contribution in [0.2, 0.25) is 18.1 Å². The summed E-state index contributed by atoms with van der Waals surface area (Å²) in [7, 11) is -2.04. The number of esters is 1. The van der Waals surface area contributed by atoms with Crippen molar-refractivity contribution in [3.63, 3.8) is 0 Å². The van der Waals surface area contributed by atoms with Crippen LogP contribution in [0, 0.1) is 0 Å². The Balaban J connectivity index is 1.95. The fourth-order valence-electron chi connectivity index (χ4n) is 2.21.